The lowest BCUT2D eigenvalue weighted by Gasteiger charge is -2.13. The number of amides is 1. The molecule has 8 heteroatoms. The Morgan fingerprint density at radius 1 is 1.00 bits per heavy atom. The van der Waals surface area contributed by atoms with E-state index in [4.69, 9.17) is 14.2 Å². The van der Waals surface area contributed by atoms with E-state index in [2.05, 4.69) is 10.3 Å². The normalized spacial score (nSPS) is 11.1. The van der Waals surface area contributed by atoms with Gasteiger partial charge in [0.1, 0.15) is 24.0 Å². The van der Waals surface area contributed by atoms with Crippen molar-refractivity contribution in [2.45, 2.75) is 20.5 Å². The number of rotatable bonds is 10. The number of ether oxygens (including phenoxy) is 3. The fourth-order valence-corrected chi connectivity index (χ4v) is 4.32. The van der Waals surface area contributed by atoms with Crippen molar-refractivity contribution in [1.82, 2.24) is 4.98 Å². The molecule has 7 nitrogen and oxygen atoms in total. The van der Waals surface area contributed by atoms with Gasteiger partial charge < -0.3 is 14.2 Å². The molecule has 0 aliphatic heterocycles. The summed E-state index contributed by atoms with van der Waals surface area (Å²) in [6.07, 6.45) is 1.51. The third-order valence-electron chi connectivity index (χ3n) is 5.07. The SMILES string of the molecule is CCOc1ccc2nc(NC(=O)C(C#N)=Cc3ccc(OCc4ccccc4)c(OCC)c3)sc2c1. The molecule has 182 valence electrons. The second kappa shape index (κ2) is 11.9. The molecule has 0 aliphatic rings. The molecule has 0 radical (unpaired) electrons. The number of nitriles is 1. The summed E-state index contributed by atoms with van der Waals surface area (Å²) in [5.74, 6) is 1.33. The number of aromatic nitrogens is 1. The highest BCUT2D eigenvalue weighted by Gasteiger charge is 2.14. The van der Waals surface area contributed by atoms with Crippen LogP contribution in [-0.2, 0) is 11.4 Å². The summed E-state index contributed by atoms with van der Waals surface area (Å²) in [5.41, 5.74) is 2.37. The highest BCUT2D eigenvalue weighted by Crippen LogP contribution is 2.31. The number of carbonyl (C=O) groups excluding carboxylic acids is 1. The molecule has 0 fully saturated rings. The van der Waals surface area contributed by atoms with Crippen LogP contribution in [0.2, 0.25) is 0 Å². The van der Waals surface area contributed by atoms with Crippen molar-refractivity contribution >= 4 is 38.7 Å². The van der Waals surface area contributed by atoms with Gasteiger partial charge in [-0.25, -0.2) is 4.98 Å². The number of nitrogens with zero attached hydrogens (tertiary/aromatic N) is 2. The number of thiazole rings is 1. The monoisotopic (exact) mass is 499 g/mol. The largest absolute Gasteiger partial charge is 0.494 e. The fourth-order valence-electron chi connectivity index (χ4n) is 3.43. The van der Waals surface area contributed by atoms with Gasteiger partial charge in [0.2, 0.25) is 0 Å². The molecule has 0 bridgehead atoms. The number of anilines is 1. The van der Waals surface area contributed by atoms with E-state index >= 15 is 0 Å². The van der Waals surface area contributed by atoms with Crippen LogP contribution < -0.4 is 19.5 Å². The average molecular weight is 500 g/mol. The van der Waals surface area contributed by atoms with Crippen molar-refractivity contribution in [1.29, 1.82) is 5.26 Å². The van der Waals surface area contributed by atoms with Gasteiger partial charge in [-0.15, -0.1) is 0 Å². The minimum Gasteiger partial charge on any atom is -0.494 e. The van der Waals surface area contributed by atoms with E-state index in [1.54, 1.807) is 18.2 Å². The van der Waals surface area contributed by atoms with Crippen LogP contribution in [0, 0.1) is 11.3 Å². The van der Waals surface area contributed by atoms with E-state index in [0.29, 0.717) is 42.0 Å². The Kier molecular flexibility index (Phi) is 8.16. The van der Waals surface area contributed by atoms with Gasteiger partial charge in [-0.1, -0.05) is 47.7 Å². The van der Waals surface area contributed by atoms with Gasteiger partial charge in [0.25, 0.3) is 5.91 Å². The molecule has 0 unspecified atom stereocenters. The summed E-state index contributed by atoms with van der Waals surface area (Å²) in [7, 11) is 0. The quantitative estimate of drug-likeness (QED) is 0.206. The van der Waals surface area contributed by atoms with Crippen molar-refractivity contribution in [3.05, 3.63) is 83.4 Å². The number of benzene rings is 3. The van der Waals surface area contributed by atoms with E-state index in [1.165, 1.54) is 17.4 Å². The maximum atomic E-state index is 12.8. The molecule has 1 N–H and O–H groups in total. The number of nitrogens with one attached hydrogen (secondary N) is 1. The Labute approximate surface area is 213 Å². The maximum Gasteiger partial charge on any atom is 0.268 e. The first kappa shape index (κ1) is 24.8. The van der Waals surface area contributed by atoms with Crippen LogP contribution in [-0.4, -0.2) is 24.1 Å². The summed E-state index contributed by atoms with van der Waals surface area (Å²) >= 11 is 1.32. The van der Waals surface area contributed by atoms with Crippen molar-refractivity contribution < 1.29 is 19.0 Å². The Hall–Kier alpha value is -4.35. The van der Waals surface area contributed by atoms with Gasteiger partial charge >= 0.3 is 0 Å². The fraction of sp³-hybridized carbons (Fsp3) is 0.179. The zero-order chi connectivity index (χ0) is 25.3. The van der Waals surface area contributed by atoms with E-state index in [1.807, 2.05) is 68.4 Å². The van der Waals surface area contributed by atoms with Crippen molar-refractivity contribution in [2.24, 2.45) is 0 Å². The van der Waals surface area contributed by atoms with Gasteiger partial charge in [0, 0.05) is 0 Å². The van der Waals surface area contributed by atoms with Gasteiger partial charge in [0.15, 0.2) is 16.6 Å². The van der Waals surface area contributed by atoms with Crippen LogP contribution in [0.1, 0.15) is 25.0 Å². The zero-order valence-electron chi connectivity index (χ0n) is 20.0. The van der Waals surface area contributed by atoms with Crippen LogP contribution in [0.5, 0.6) is 17.2 Å². The number of hydrogen-bond acceptors (Lipinski definition) is 7. The smallest absolute Gasteiger partial charge is 0.268 e. The molecule has 0 spiro atoms. The molecule has 1 amide bonds. The summed E-state index contributed by atoms with van der Waals surface area (Å²) in [6, 6.07) is 22.7. The van der Waals surface area contributed by atoms with Crippen molar-refractivity contribution in [3.63, 3.8) is 0 Å². The molecule has 0 saturated heterocycles. The molecule has 0 atom stereocenters. The summed E-state index contributed by atoms with van der Waals surface area (Å²) in [5, 5.41) is 12.8. The van der Waals surface area contributed by atoms with Crippen LogP contribution in [0.3, 0.4) is 0 Å². The standard InChI is InChI=1S/C28H25N3O4S/c1-3-33-22-11-12-23-26(16-22)36-28(30-23)31-27(32)21(17-29)14-20-10-13-24(25(15-20)34-4-2)35-18-19-8-6-5-7-9-19/h5-16H,3-4,18H2,1-2H3,(H,30,31,32). The van der Waals surface area contributed by atoms with Crippen molar-refractivity contribution in [3.8, 4) is 23.3 Å². The molecule has 0 saturated carbocycles. The summed E-state index contributed by atoms with van der Waals surface area (Å²) in [6.45, 7) is 5.21. The molecule has 4 aromatic rings. The first-order valence-electron chi connectivity index (χ1n) is 11.5. The average Bonchev–Trinajstić information content (AvgIpc) is 3.29. The third-order valence-corrected chi connectivity index (χ3v) is 6.01. The molecule has 4 rings (SSSR count). The predicted octanol–water partition coefficient (Wildman–Crippen LogP) is 6.22. The lowest BCUT2D eigenvalue weighted by atomic mass is 10.1. The molecule has 0 aliphatic carbocycles. The number of hydrogen-bond donors (Lipinski definition) is 1. The Morgan fingerprint density at radius 3 is 2.56 bits per heavy atom. The van der Waals surface area contributed by atoms with E-state index in [0.717, 1.165) is 21.5 Å². The van der Waals surface area contributed by atoms with Gasteiger partial charge in [-0.3, -0.25) is 10.1 Å². The van der Waals surface area contributed by atoms with Crippen LogP contribution in [0.4, 0.5) is 5.13 Å². The van der Waals surface area contributed by atoms with Crippen molar-refractivity contribution in [2.75, 3.05) is 18.5 Å². The third kappa shape index (κ3) is 6.20. The summed E-state index contributed by atoms with van der Waals surface area (Å²) < 4.78 is 18.1. The first-order valence-corrected chi connectivity index (χ1v) is 12.3. The van der Waals surface area contributed by atoms with Crippen LogP contribution >= 0.6 is 11.3 Å². The summed E-state index contributed by atoms with van der Waals surface area (Å²) in [4.78, 5) is 17.2. The molecular weight excluding hydrogens is 474 g/mol. The maximum absolute atomic E-state index is 12.8. The van der Waals surface area contributed by atoms with Crippen LogP contribution in [0.25, 0.3) is 16.3 Å². The Balaban J connectivity index is 1.50. The lowest BCUT2D eigenvalue weighted by molar-refractivity contribution is -0.112. The second-order valence-corrected chi connectivity index (χ2v) is 8.65. The number of carbonyl (C=O) groups is 1. The highest BCUT2D eigenvalue weighted by atomic mass is 32.1. The molecule has 3 aromatic carbocycles. The van der Waals surface area contributed by atoms with Gasteiger partial charge in [-0.05, 0) is 61.4 Å². The Bertz CT molecular complexity index is 1420. The molecular formula is C28H25N3O4S. The minimum absolute atomic E-state index is 0.0512. The van der Waals surface area contributed by atoms with E-state index in [-0.39, 0.29) is 5.57 Å². The molecule has 1 aromatic heterocycles. The Morgan fingerprint density at radius 2 is 1.81 bits per heavy atom. The second-order valence-electron chi connectivity index (χ2n) is 7.62. The van der Waals surface area contributed by atoms with Gasteiger partial charge in [0.05, 0.1) is 23.4 Å². The van der Waals surface area contributed by atoms with E-state index in [9.17, 15) is 10.1 Å². The first-order chi connectivity index (χ1) is 17.6. The number of fused-ring (bicyclic) bond motifs is 1. The van der Waals surface area contributed by atoms with Crippen LogP contribution in [0.15, 0.2) is 72.3 Å². The van der Waals surface area contributed by atoms with E-state index < -0.39 is 5.91 Å². The molecule has 1 heterocycles. The highest BCUT2D eigenvalue weighted by molar-refractivity contribution is 7.22. The predicted molar refractivity (Wildman–Crippen MR) is 141 cm³/mol. The van der Waals surface area contributed by atoms with Gasteiger partial charge in [-0.2, -0.15) is 5.26 Å². The topological polar surface area (TPSA) is 93.5 Å². The minimum atomic E-state index is -0.538. The zero-order valence-corrected chi connectivity index (χ0v) is 20.8. The lowest BCUT2D eigenvalue weighted by Crippen LogP contribution is -2.13. The molecule has 36 heavy (non-hydrogen) atoms.